The number of carbonyl (C=O) groups excluding carboxylic acids is 2. The van der Waals surface area contributed by atoms with Gasteiger partial charge in [0.2, 0.25) is 11.8 Å². The monoisotopic (exact) mass is 320 g/mol. The Labute approximate surface area is 136 Å². The number of hydrogen-bond acceptors (Lipinski definition) is 3. The lowest BCUT2D eigenvalue weighted by Gasteiger charge is -2.12. The highest BCUT2D eigenvalue weighted by Gasteiger charge is 2.10. The van der Waals surface area contributed by atoms with Crippen LogP contribution < -0.4 is 10.6 Å². The minimum atomic E-state index is -1.08. The number of aliphatic carboxylic acids is 1. The number of carboxylic acid groups (broad SMARTS) is 1. The van der Waals surface area contributed by atoms with Gasteiger partial charge >= 0.3 is 5.97 Å². The lowest BCUT2D eigenvalue weighted by atomic mass is 9.99. The molecule has 0 bridgehead atoms. The van der Waals surface area contributed by atoms with Crippen molar-refractivity contribution >= 4 is 23.5 Å². The number of amides is 2. The summed E-state index contributed by atoms with van der Waals surface area (Å²) >= 11 is 0. The lowest BCUT2D eigenvalue weighted by Crippen LogP contribution is -2.30. The molecule has 0 aliphatic rings. The summed E-state index contributed by atoms with van der Waals surface area (Å²) in [7, 11) is 0. The molecule has 1 rings (SSSR count). The first-order chi connectivity index (χ1) is 10.9. The first kappa shape index (κ1) is 18.7. The van der Waals surface area contributed by atoms with Gasteiger partial charge in [-0.1, -0.05) is 38.8 Å². The summed E-state index contributed by atoms with van der Waals surface area (Å²) < 4.78 is 0. The van der Waals surface area contributed by atoms with Crippen LogP contribution in [0, 0.1) is 5.92 Å². The van der Waals surface area contributed by atoms with E-state index >= 15 is 0 Å². The highest BCUT2D eigenvalue weighted by molar-refractivity contribution is 5.91. The summed E-state index contributed by atoms with van der Waals surface area (Å²) in [6.07, 6.45) is 2.57. The zero-order valence-corrected chi connectivity index (χ0v) is 13.6. The Bertz CT molecular complexity index is 536. The minimum absolute atomic E-state index is 0.00866. The van der Waals surface area contributed by atoms with Crippen molar-refractivity contribution in [2.45, 2.75) is 39.5 Å². The number of carboxylic acids is 1. The van der Waals surface area contributed by atoms with Crippen LogP contribution in [0.1, 0.15) is 38.7 Å². The van der Waals surface area contributed by atoms with E-state index in [9.17, 15) is 14.4 Å². The summed E-state index contributed by atoms with van der Waals surface area (Å²) in [6.45, 7) is 3.76. The predicted octanol–water partition coefficient (Wildman–Crippen LogP) is 2.19. The van der Waals surface area contributed by atoms with Crippen LogP contribution in [-0.4, -0.2) is 29.4 Å². The second-order valence-electron chi connectivity index (χ2n) is 5.48. The van der Waals surface area contributed by atoms with Crippen LogP contribution in [0.3, 0.4) is 0 Å². The SMILES string of the molecule is CCC(CC)CC(=O)Nc1ccc(CC(=O)NCC(=O)O)cc1. The van der Waals surface area contributed by atoms with Crippen LogP contribution in [0.4, 0.5) is 5.69 Å². The average Bonchev–Trinajstić information content (AvgIpc) is 2.52. The summed E-state index contributed by atoms with van der Waals surface area (Å²) in [6, 6.07) is 6.97. The highest BCUT2D eigenvalue weighted by atomic mass is 16.4. The molecule has 0 aliphatic carbocycles. The summed E-state index contributed by atoms with van der Waals surface area (Å²) in [5, 5.41) is 13.6. The summed E-state index contributed by atoms with van der Waals surface area (Å²) in [5.41, 5.74) is 1.45. The van der Waals surface area contributed by atoms with E-state index in [1.807, 2.05) is 0 Å². The Hall–Kier alpha value is -2.37. The van der Waals surface area contributed by atoms with E-state index in [1.165, 1.54) is 0 Å². The second-order valence-corrected chi connectivity index (χ2v) is 5.48. The maximum absolute atomic E-state index is 11.9. The molecule has 6 nitrogen and oxygen atoms in total. The molecule has 0 spiro atoms. The lowest BCUT2D eigenvalue weighted by molar-refractivity contribution is -0.137. The molecule has 0 aliphatic heterocycles. The van der Waals surface area contributed by atoms with Gasteiger partial charge in [0.25, 0.3) is 0 Å². The van der Waals surface area contributed by atoms with Gasteiger partial charge in [-0.3, -0.25) is 14.4 Å². The normalized spacial score (nSPS) is 10.4. The molecule has 2 amide bonds. The highest BCUT2D eigenvalue weighted by Crippen LogP contribution is 2.15. The molecule has 23 heavy (non-hydrogen) atoms. The van der Waals surface area contributed by atoms with Crippen LogP contribution in [0.5, 0.6) is 0 Å². The molecule has 1 aromatic rings. The molecule has 6 heteroatoms. The molecule has 3 N–H and O–H groups in total. The average molecular weight is 320 g/mol. The molecule has 126 valence electrons. The molecule has 0 heterocycles. The van der Waals surface area contributed by atoms with Gasteiger partial charge in [0.1, 0.15) is 6.54 Å². The third-order valence-corrected chi connectivity index (χ3v) is 3.67. The third-order valence-electron chi connectivity index (χ3n) is 3.67. The number of hydrogen-bond donors (Lipinski definition) is 3. The van der Waals surface area contributed by atoms with Gasteiger partial charge in [0.15, 0.2) is 0 Å². The van der Waals surface area contributed by atoms with E-state index < -0.39 is 5.97 Å². The fraction of sp³-hybridized carbons (Fsp3) is 0.471. The van der Waals surface area contributed by atoms with Crippen LogP contribution in [-0.2, 0) is 20.8 Å². The quantitative estimate of drug-likeness (QED) is 0.650. The van der Waals surface area contributed by atoms with Gasteiger partial charge in [-0.2, -0.15) is 0 Å². The molecule has 0 unspecified atom stereocenters. The Morgan fingerprint density at radius 3 is 2.17 bits per heavy atom. The van der Waals surface area contributed by atoms with E-state index in [0.29, 0.717) is 18.0 Å². The van der Waals surface area contributed by atoms with Crippen molar-refractivity contribution in [3.8, 4) is 0 Å². The van der Waals surface area contributed by atoms with Gasteiger partial charge in [-0.05, 0) is 23.6 Å². The number of nitrogens with one attached hydrogen (secondary N) is 2. The molecule has 0 saturated heterocycles. The number of benzene rings is 1. The van der Waals surface area contributed by atoms with Crippen LogP contribution in [0.15, 0.2) is 24.3 Å². The summed E-state index contributed by atoms with van der Waals surface area (Å²) in [5.74, 6) is -1.04. The fourth-order valence-electron chi connectivity index (χ4n) is 2.18. The predicted molar refractivity (Wildman–Crippen MR) is 88.1 cm³/mol. The van der Waals surface area contributed by atoms with Crippen molar-refractivity contribution in [3.05, 3.63) is 29.8 Å². The van der Waals surface area contributed by atoms with E-state index in [-0.39, 0.29) is 24.8 Å². The van der Waals surface area contributed by atoms with Crippen molar-refractivity contribution in [2.75, 3.05) is 11.9 Å². The zero-order chi connectivity index (χ0) is 17.2. The third kappa shape index (κ3) is 7.44. The van der Waals surface area contributed by atoms with Gasteiger partial charge in [0.05, 0.1) is 6.42 Å². The molecule has 1 aromatic carbocycles. The van der Waals surface area contributed by atoms with Crippen molar-refractivity contribution in [1.82, 2.24) is 5.32 Å². The number of carbonyl (C=O) groups is 3. The Kier molecular flexibility index (Phi) is 7.80. The molecule has 0 fully saturated rings. The summed E-state index contributed by atoms with van der Waals surface area (Å²) in [4.78, 5) is 33.8. The van der Waals surface area contributed by atoms with Crippen LogP contribution >= 0.6 is 0 Å². The van der Waals surface area contributed by atoms with Gasteiger partial charge < -0.3 is 15.7 Å². The Balaban J connectivity index is 2.48. The maximum atomic E-state index is 11.9. The number of anilines is 1. The van der Waals surface area contributed by atoms with Crippen LogP contribution in [0.25, 0.3) is 0 Å². The van der Waals surface area contributed by atoms with Gasteiger partial charge in [0, 0.05) is 12.1 Å². The first-order valence-electron chi connectivity index (χ1n) is 7.81. The van der Waals surface area contributed by atoms with E-state index in [4.69, 9.17) is 5.11 Å². The molecular formula is C17H24N2O4. The first-order valence-corrected chi connectivity index (χ1v) is 7.81. The number of rotatable bonds is 9. The standard InChI is InChI=1S/C17H24N2O4/c1-3-12(4-2)9-16(21)19-14-7-5-13(6-8-14)10-15(20)18-11-17(22)23/h5-8,12H,3-4,9-11H2,1-2H3,(H,18,20)(H,19,21)(H,22,23). The topological polar surface area (TPSA) is 95.5 Å². The van der Waals surface area contributed by atoms with E-state index in [1.54, 1.807) is 24.3 Å². The van der Waals surface area contributed by atoms with Crippen molar-refractivity contribution < 1.29 is 19.5 Å². The van der Waals surface area contributed by atoms with E-state index in [0.717, 1.165) is 18.4 Å². The smallest absolute Gasteiger partial charge is 0.322 e. The Morgan fingerprint density at radius 1 is 1.04 bits per heavy atom. The van der Waals surface area contributed by atoms with E-state index in [2.05, 4.69) is 24.5 Å². The largest absolute Gasteiger partial charge is 0.480 e. The molecule has 0 atom stereocenters. The minimum Gasteiger partial charge on any atom is -0.480 e. The molecular weight excluding hydrogens is 296 g/mol. The van der Waals surface area contributed by atoms with Crippen molar-refractivity contribution in [2.24, 2.45) is 5.92 Å². The van der Waals surface area contributed by atoms with Crippen molar-refractivity contribution in [1.29, 1.82) is 0 Å². The molecule has 0 aromatic heterocycles. The zero-order valence-electron chi connectivity index (χ0n) is 13.6. The van der Waals surface area contributed by atoms with Gasteiger partial charge in [-0.25, -0.2) is 0 Å². The maximum Gasteiger partial charge on any atom is 0.322 e. The van der Waals surface area contributed by atoms with Crippen molar-refractivity contribution in [3.63, 3.8) is 0 Å². The second kappa shape index (κ2) is 9.61. The molecule has 0 saturated carbocycles. The molecule has 0 radical (unpaired) electrons. The van der Waals surface area contributed by atoms with Crippen LogP contribution in [0.2, 0.25) is 0 Å². The fourth-order valence-corrected chi connectivity index (χ4v) is 2.18. The Morgan fingerprint density at radius 2 is 1.65 bits per heavy atom. The van der Waals surface area contributed by atoms with Gasteiger partial charge in [-0.15, -0.1) is 0 Å².